The van der Waals surface area contributed by atoms with Crippen molar-refractivity contribution >= 4 is 23.4 Å². The van der Waals surface area contributed by atoms with E-state index in [1.807, 2.05) is 6.08 Å². The Labute approximate surface area is 122 Å². The molecule has 1 aromatic rings. The van der Waals surface area contributed by atoms with Crippen LogP contribution in [0.4, 0.5) is 20.6 Å². The number of hydrogen-bond donors (Lipinski definition) is 2. The van der Waals surface area contributed by atoms with Crippen molar-refractivity contribution in [1.29, 1.82) is 0 Å². The van der Waals surface area contributed by atoms with Crippen molar-refractivity contribution in [3.8, 4) is 0 Å². The van der Waals surface area contributed by atoms with Gasteiger partial charge in [0.15, 0.2) is 0 Å². The van der Waals surface area contributed by atoms with Gasteiger partial charge in [0, 0.05) is 11.6 Å². The molecule has 0 saturated heterocycles. The molecule has 0 saturated carbocycles. The number of carbonyl (C=O) groups is 2. The maximum Gasteiger partial charge on any atom is 0.411 e. The van der Waals surface area contributed by atoms with E-state index in [0.717, 1.165) is 12.8 Å². The van der Waals surface area contributed by atoms with Crippen LogP contribution in [0.2, 0.25) is 0 Å². The maximum atomic E-state index is 13.8. The predicted octanol–water partition coefficient (Wildman–Crippen LogP) is 3.30. The molecule has 1 atom stereocenters. The number of allylic oxidation sites excluding steroid dienone is 2. The summed E-state index contributed by atoms with van der Waals surface area (Å²) in [5, 5.41) is 4.94. The molecule has 2 amide bonds. The smallest absolute Gasteiger partial charge is 0.411 e. The molecule has 5 nitrogen and oxygen atoms in total. The molecule has 0 unspecified atom stereocenters. The molecule has 112 valence electrons. The summed E-state index contributed by atoms with van der Waals surface area (Å²) < 4.78 is 18.2. The Morgan fingerprint density at radius 3 is 2.71 bits per heavy atom. The fourth-order valence-electron chi connectivity index (χ4n) is 2.13. The molecule has 2 rings (SSSR count). The summed E-state index contributed by atoms with van der Waals surface area (Å²) in [4.78, 5) is 23.1. The number of halogens is 1. The highest BCUT2D eigenvalue weighted by atomic mass is 19.1. The first-order valence-electron chi connectivity index (χ1n) is 6.70. The minimum atomic E-state index is -0.750. The molecule has 0 aliphatic heterocycles. The lowest BCUT2D eigenvalue weighted by Crippen LogP contribution is -2.23. The van der Waals surface area contributed by atoms with Crippen molar-refractivity contribution in [3.63, 3.8) is 0 Å². The topological polar surface area (TPSA) is 67.4 Å². The van der Waals surface area contributed by atoms with Crippen LogP contribution in [0, 0.1) is 11.7 Å². The largest absolute Gasteiger partial charge is 0.453 e. The van der Waals surface area contributed by atoms with Crippen LogP contribution in [0.1, 0.15) is 19.3 Å². The molecular formula is C15H17FN2O3. The summed E-state index contributed by atoms with van der Waals surface area (Å²) in [6, 6.07) is 4.08. The van der Waals surface area contributed by atoms with E-state index in [9.17, 15) is 14.0 Å². The average Bonchev–Trinajstić information content (AvgIpc) is 2.50. The van der Waals surface area contributed by atoms with Gasteiger partial charge in [-0.2, -0.15) is 0 Å². The fraction of sp³-hybridized carbons (Fsp3) is 0.333. The number of ether oxygens (including phenoxy) is 1. The number of amides is 2. The molecule has 1 aliphatic carbocycles. The molecule has 1 aromatic carbocycles. The summed E-state index contributed by atoms with van der Waals surface area (Å²) in [6.45, 7) is 0. The highest BCUT2D eigenvalue weighted by Gasteiger charge is 2.19. The second kappa shape index (κ2) is 6.88. The first-order chi connectivity index (χ1) is 10.1. The van der Waals surface area contributed by atoms with Crippen LogP contribution in [0.25, 0.3) is 0 Å². The van der Waals surface area contributed by atoms with E-state index in [2.05, 4.69) is 21.4 Å². The molecule has 21 heavy (non-hydrogen) atoms. The van der Waals surface area contributed by atoms with E-state index in [1.54, 1.807) is 0 Å². The van der Waals surface area contributed by atoms with Gasteiger partial charge in [-0.3, -0.25) is 10.1 Å². The van der Waals surface area contributed by atoms with Crippen molar-refractivity contribution in [3.05, 3.63) is 36.2 Å². The van der Waals surface area contributed by atoms with E-state index in [0.29, 0.717) is 12.1 Å². The third-order valence-corrected chi connectivity index (χ3v) is 3.30. The van der Waals surface area contributed by atoms with Crippen LogP contribution in [-0.4, -0.2) is 19.1 Å². The number of rotatable bonds is 3. The number of anilines is 2. The first-order valence-corrected chi connectivity index (χ1v) is 6.70. The summed E-state index contributed by atoms with van der Waals surface area (Å²) >= 11 is 0. The first kappa shape index (κ1) is 15.0. The maximum absolute atomic E-state index is 13.8. The van der Waals surface area contributed by atoms with Crippen molar-refractivity contribution in [2.75, 3.05) is 17.7 Å². The van der Waals surface area contributed by atoms with Gasteiger partial charge in [-0.15, -0.1) is 0 Å². The lowest BCUT2D eigenvalue weighted by atomic mass is 9.93. The van der Waals surface area contributed by atoms with Crippen LogP contribution < -0.4 is 10.6 Å². The van der Waals surface area contributed by atoms with E-state index < -0.39 is 11.9 Å². The van der Waals surface area contributed by atoms with E-state index >= 15 is 0 Å². The van der Waals surface area contributed by atoms with E-state index in [4.69, 9.17) is 0 Å². The summed E-state index contributed by atoms with van der Waals surface area (Å²) in [5.74, 6) is -0.833. The van der Waals surface area contributed by atoms with Crippen LogP contribution in [-0.2, 0) is 9.53 Å². The van der Waals surface area contributed by atoms with Gasteiger partial charge in [0.25, 0.3) is 0 Å². The standard InChI is InChI=1S/C15H17FN2O3/c1-21-15(20)18-13-8-7-11(9-12(13)16)17-14(19)10-5-3-2-4-6-10/h2-3,7-10H,4-6H2,1H3,(H,17,19)(H,18,20)/t10-/m1/s1. The SMILES string of the molecule is COC(=O)Nc1ccc(NC(=O)[C@@H]2CC=CCC2)cc1F. The minimum Gasteiger partial charge on any atom is -0.453 e. The zero-order chi connectivity index (χ0) is 15.2. The normalized spacial score (nSPS) is 17.1. The molecule has 1 aliphatic rings. The van der Waals surface area contributed by atoms with Crippen molar-refractivity contribution < 1.29 is 18.7 Å². The number of hydrogen-bond acceptors (Lipinski definition) is 3. The lowest BCUT2D eigenvalue weighted by Gasteiger charge is -2.17. The Morgan fingerprint density at radius 2 is 2.10 bits per heavy atom. The Kier molecular flexibility index (Phi) is 4.92. The fourth-order valence-corrected chi connectivity index (χ4v) is 2.13. The zero-order valence-corrected chi connectivity index (χ0v) is 11.7. The Balaban J connectivity index is 2.01. The van der Waals surface area contributed by atoms with Gasteiger partial charge in [-0.05, 0) is 37.5 Å². The molecule has 0 bridgehead atoms. The molecule has 6 heteroatoms. The lowest BCUT2D eigenvalue weighted by molar-refractivity contribution is -0.120. The monoisotopic (exact) mass is 292 g/mol. The van der Waals surface area contributed by atoms with Crippen LogP contribution >= 0.6 is 0 Å². The van der Waals surface area contributed by atoms with Gasteiger partial charge in [0.1, 0.15) is 5.82 Å². The summed E-state index contributed by atoms with van der Waals surface area (Å²) in [6.07, 6.45) is 5.67. The Bertz CT molecular complexity index is 572. The minimum absolute atomic E-state index is 0.000415. The number of methoxy groups -OCH3 is 1. The molecule has 0 radical (unpaired) electrons. The third-order valence-electron chi connectivity index (χ3n) is 3.30. The molecule has 0 spiro atoms. The highest BCUT2D eigenvalue weighted by molar-refractivity contribution is 5.93. The van der Waals surface area contributed by atoms with Gasteiger partial charge in [-0.25, -0.2) is 9.18 Å². The molecule has 0 aromatic heterocycles. The zero-order valence-electron chi connectivity index (χ0n) is 11.7. The number of carbonyl (C=O) groups excluding carboxylic acids is 2. The van der Waals surface area contributed by atoms with Crippen molar-refractivity contribution in [2.24, 2.45) is 5.92 Å². The van der Waals surface area contributed by atoms with Gasteiger partial charge in [-0.1, -0.05) is 12.2 Å². The van der Waals surface area contributed by atoms with Crippen LogP contribution in [0.3, 0.4) is 0 Å². The van der Waals surface area contributed by atoms with E-state index in [-0.39, 0.29) is 17.5 Å². The van der Waals surface area contributed by atoms with Gasteiger partial charge in [0.2, 0.25) is 5.91 Å². The quantitative estimate of drug-likeness (QED) is 0.840. The Morgan fingerprint density at radius 1 is 1.29 bits per heavy atom. The number of nitrogens with one attached hydrogen (secondary N) is 2. The van der Waals surface area contributed by atoms with Crippen LogP contribution in [0.5, 0.6) is 0 Å². The van der Waals surface area contributed by atoms with Gasteiger partial charge in [0.05, 0.1) is 12.8 Å². The summed E-state index contributed by atoms with van der Waals surface area (Å²) in [5.41, 5.74) is 0.364. The molecule has 0 fully saturated rings. The van der Waals surface area contributed by atoms with Gasteiger partial charge < -0.3 is 10.1 Å². The number of benzene rings is 1. The van der Waals surface area contributed by atoms with Crippen LogP contribution in [0.15, 0.2) is 30.4 Å². The summed E-state index contributed by atoms with van der Waals surface area (Å²) in [7, 11) is 1.19. The van der Waals surface area contributed by atoms with E-state index in [1.165, 1.54) is 25.3 Å². The predicted molar refractivity (Wildman–Crippen MR) is 77.5 cm³/mol. The third kappa shape index (κ3) is 4.05. The molecular weight excluding hydrogens is 275 g/mol. The second-order valence-electron chi connectivity index (χ2n) is 4.78. The highest BCUT2D eigenvalue weighted by Crippen LogP contribution is 2.23. The average molecular weight is 292 g/mol. The van der Waals surface area contributed by atoms with Gasteiger partial charge >= 0.3 is 6.09 Å². The van der Waals surface area contributed by atoms with Crippen molar-refractivity contribution in [1.82, 2.24) is 0 Å². The molecule has 2 N–H and O–H groups in total. The second-order valence-corrected chi connectivity index (χ2v) is 4.78. The molecule has 0 heterocycles. The Hall–Kier alpha value is -2.37. The van der Waals surface area contributed by atoms with Crippen molar-refractivity contribution in [2.45, 2.75) is 19.3 Å².